The number of hydrogen-bond acceptors (Lipinski definition) is 4. The van der Waals surface area contributed by atoms with E-state index in [1.165, 1.54) is 11.4 Å². The lowest BCUT2D eigenvalue weighted by molar-refractivity contribution is 0.396. The van der Waals surface area contributed by atoms with Crippen molar-refractivity contribution in [3.8, 4) is 5.75 Å². The average Bonchev–Trinajstić information content (AvgIpc) is 3.28. The molecule has 5 nitrogen and oxygen atoms in total. The van der Waals surface area contributed by atoms with Crippen molar-refractivity contribution in [2.75, 3.05) is 14.2 Å². The highest BCUT2D eigenvalue weighted by molar-refractivity contribution is 7.89. The van der Waals surface area contributed by atoms with Crippen molar-refractivity contribution in [2.24, 2.45) is 0 Å². The molecule has 0 heterocycles. The summed E-state index contributed by atoms with van der Waals surface area (Å²) < 4.78 is 32.0. The van der Waals surface area contributed by atoms with Crippen LogP contribution in [-0.2, 0) is 16.6 Å². The minimum Gasteiger partial charge on any atom is -0.495 e. The third-order valence-corrected chi connectivity index (χ3v) is 5.61. The van der Waals surface area contributed by atoms with Crippen LogP contribution in [-0.4, -0.2) is 39.0 Å². The van der Waals surface area contributed by atoms with Crippen LogP contribution < -0.4 is 10.1 Å². The lowest BCUT2D eigenvalue weighted by Gasteiger charge is -2.19. The van der Waals surface area contributed by atoms with E-state index in [1.54, 1.807) is 19.2 Å². The van der Waals surface area contributed by atoms with Crippen LogP contribution in [0.2, 0.25) is 0 Å². The molecule has 0 spiro atoms. The van der Waals surface area contributed by atoms with E-state index in [4.69, 9.17) is 4.74 Å². The van der Waals surface area contributed by atoms with E-state index in [9.17, 15) is 8.42 Å². The topological polar surface area (TPSA) is 58.6 Å². The van der Waals surface area contributed by atoms with Gasteiger partial charge < -0.3 is 10.1 Å². The molecule has 0 unspecified atom stereocenters. The van der Waals surface area contributed by atoms with Gasteiger partial charge in [-0.05, 0) is 30.5 Å². The van der Waals surface area contributed by atoms with E-state index in [2.05, 4.69) is 19.2 Å². The van der Waals surface area contributed by atoms with Crippen molar-refractivity contribution in [1.29, 1.82) is 0 Å². The highest BCUT2D eigenvalue weighted by Crippen LogP contribution is 2.34. The lowest BCUT2D eigenvalue weighted by atomic mass is 10.2. The Balaban J connectivity index is 2.27. The summed E-state index contributed by atoms with van der Waals surface area (Å²) in [6, 6.07) is 5.79. The molecule has 1 aliphatic carbocycles. The van der Waals surface area contributed by atoms with E-state index in [0.717, 1.165) is 18.4 Å². The summed E-state index contributed by atoms with van der Waals surface area (Å²) >= 11 is 0. The summed E-state index contributed by atoms with van der Waals surface area (Å²) in [6.07, 6.45) is 1.88. The second-order valence-electron chi connectivity index (χ2n) is 5.77. The highest BCUT2D eigenvalue weighted by Gasteiger charge is 2.36. The monoisotopic (exact) mass is 312 g/mol. The van der Waals surface area contributed by atoms with Gasteiger partial charge in [0.25, 0.3) is 0 Å². The van der Waals surface area contributed by atoms with E-state index >= 15 is 0 Å². The van der Waals surface area contributed by atoms with Crippen LogP contribution in [0.25, 0.3) is 0 Å². The SMILES string of the molecule is COc1cc(CNC(C)C)ccc1S(=O)(=O)N(C)C1CC1. The van der Waals surface area contributed by atoms with Crippen molar-refractivity contribution in [2.45, 2.75) is 50.2 Å². The first kappa shape index (κ1) is 16.3. The molecule has 2 rings (SSSR count). The summed E-state index contributed by atoms with van der Waals surface area (Å²) in [5.41, 5.74) is 1.01. The van der Waals surface area contributed by atoms with Gasteiger partial charge in [0, 0.05) is 25.7 Å². The molecule has 1 N–H and O–H groups in total. The number of rotatable bonds is 7. The molecule has 1 aromatic rings. The Hall–Kier alpha value is -1.11. The first-order chi connectivity index (χ1) is 9.86. The van der Waals surface area contributed by atoms with Gasteiger partial charge in [-0.25, -0.2) is 8.42 Å². The predicted octanol–water partition coefficient (Wildman–Crippen LogP) is 1.98. The van der Waals surface area contributed by atoms with Crippen LogP contribution >= 0.6 is 0 Å². The molecule has 21 heavy (non-hydrogen) atoms. The van der Waals surface area contributed by atoms with Crippen LogP contribution in [0.4, 0.5) is 0 Å². The zero-order chi connectivity index (χ0) is 15.6. The molecule has 1 aliphatic rings. The van der Waals surface area contributed by atoms with Crippen molar-refractivity contribution in [3.63, 3.8) is 0 Å². The van der Waals surface area contributed by atoms with Crippen molar-refractivity contribution < 1.29 is 13.2 Å². The molecule has 0 saturated heterocycles. The molecular formula is C15H24N2O3S. The van der Waals surface area contributed by atoms with Gasteiger partial charge in [0.05, 0.1) is 7.11 Å². The van der Waals surface area contributed by atoms with Crippen LogP contribution in [0.1, 0.15) is 32.3 Å². The number of nitrogens with zero attached hydrogens (tertiary/aromatic N) is 1. The molecule has 0 atom stereocenters. The van der Waals surface area contributed by atoms with Gasteiger partial charge in [-0.2, -0.15) is 4.31 Å². The molecule has 1 aromatic carbocycles. The van der Waals surface area contributed by atoms with Gasteiger partial charge >= 0.3 is 0 Å². The molecule has 0 amide bonds. The molecule has 0 radical (unpaired) electrons. The second-order valence-corrected chi connectivity index (χ2v) is 7.74. The number of ether oxygens (including phenoxy) is 1. The first-order valence-electron chi connectivity index (χ1n) is 7.24. The molecule has 1 fully saturated rings. The van der Waals surface area contributed by atoms with Gasteiger partial charge in [0.2, 0.25) is 10.0 Å². The largest absolute Gasteiger partial charge is 0.495 e. The van der Waals surface area contributed by atoms with Crippen LogP contribution in [0.3, 0.4) is 0 Å². The van der Waals surface area contributed by atoms with Crippen molar-refractivity contribution >= 4 is 10.0 Å². The van der Waals surface area contributed by atoms with Crippen molar-refractivity contribution in [3.05, 3.63) is 23.8 Å². The molecule has 118 valence electrons. The standard InChI is InChI=1S/C15H24N2O3S/c1-11(2)16-10-12-5-8-15(14(9-12)20-4)21(18,19)17(3)13-6-7-13/h5,8-9,11,13,16H,6-7,10H2,1-4H3. The zero-order valence-electron chi connectivity index (χ0n) is 13.1. The van der Waals surface area contributed by atoms with Crippen LogP contribution in [0.15, 0.2) is 23.1 Å². The van der Waals surface area contributed by atoms with E-state index in [0.29, 0.717) is 18.3 Å². The maximum absolute atomic E-state index is 12.6. The third-order valence-electron chi connectivity index (χ3n) is 3.66. The highest BCUT2D eigenvalue weighted by atomic mass is 32.2. The molecule has 6 heteroatoms. The summed E-state index contributed by atoms with van der Waals surface area (Å²) in [7, 11) is -0.334. The summed E-state index contributed by atoms with van der Waals surface area (Å²) in [6.45, 7) is 4.83. The number of benzene rings is 1. The Morgan fingerprint density at radius 3 is 2.57 bits per heavy atom. The Kier molecular flexibility index (Phi) is 4.91. The molecule has 0 aliphatic heterocycles. The predicted molar refractivity (Wildman–Crippen MR) is 82.9 cm³/mol. The maximum atomic E-state index is 12.6. The Morgan fingerprint density at radius 2 is 2.05 bits per heavy atom. The maximum Gasteiger partial charge on any atom is 0.246 e. The minimum absolute atomic E-state index is 0.141. The van der Waals surface area contributed by atoms with E-state index in [1.807, 2.05) is 6.07 Å². The molecule has 0 aromatic heterocycles. The fourth-order valence-corrected chi connectivity index (χ4v) is 3.70. The Labute approximate surface area is 127 Å². The normalized spacial score (nSPS) is 15.7. The molecular weight excluding hydrogens is 288 g/mol. The minimum atomic E-state index is -3.48. The number of hydrogen-bond donors (Lipinski definition) is 1. The Bertz CT molecular complexity index is 595. The van der Waals surface area contributed by atoms with Gasteiger partial charge in [-0.3, -0.25) is 0 Å². The number of methoxy groups -OCH3 is 1. The molecule has 1 saturated carbocycles. The molecule has 0 bridgehead atoms. The average molecular weight is 312 g/mol. The van der Waals surface area contributed by atoms with Gasteiger partial charge in [-0.15, -0.1) is 0 Å². The summed E-state index contributed by atoms with van der Waals surface area (Å²) in [4.78, 5) is 0.243. The Morgan fingerprint density at radius 1 is 1.38 bits per heavy atom. The van der Waals surface area contributed by atoms with Gasteiger partial charge in [-0.1, -0.05) is 19.9 Å². The third kappa shape index (κ3) is 3.75. The van der Waals surface area contributed by atoms with E-state index < -0.39 is 10.0 Å². The number of sulfonamides is 1. The van der Waals surface area contributed by atoms with Crippen molar-refractivity contribution in [1.82, 2.24) is 9.62 Å². The summed E-state index contributed by atoms with van der Waals surface area (Å²) in [5.74, 6) is 0.408. The fraction of sp³-hybridized carbons (Fsp3) is 0.600. The summed E-state index contributed by atoms with van der Waals surface area (Å²) in [5, 5.41) is 3.31. The van der Waals surface area contributed by atoms with Crippen LogP contribution in [0, 0.1) is 0 Å². The van der Waals surface area contributed by atoms with Gasteiger partial charge in [0.1, 0.15) is 10.6 Å². The van der Waals surface area contributed by atoms with Gasteiger partial charge in [0.15, 0.2) is 0 Å². The van der Waals surface area contributed by atoms with E-state index in [-0.39, 0.29) is 10.9 Å². The van der Waals surface area contributed by atoms with Crippen LogP contribution in [0.5, 0.6) is 5.75 Å². The second kappa shape index (κ2) is 6.34. The first-order valence-corrected chi connectivity index (χ1v) is 8.68. The smallest absolute Gasteiger partial charge is 0.246 e. The fourth-order valence-electron chi connectivity index (χ4n) is 2.15. The zero-order valence-corrected chi connectivity index (χ0v) is 13.9. The quantitative estimate of drug-likeness (QED) is 0.836. The number of nitrogens with one attached hydrogen (secondary N) is 1. The lowest BCUT2D eigenvalue weighted by Crippen LogP contribution is -2.29.